The largest absolute Gasteiger partial charge is 0.457 e. The zero-order valence-electron chi connectivity index (χ0n) is 30.3. The summed E-state index contributed by atoms with van der Waals surface area (Å²) in [5.74, 6) is 3.73. The fourth-order valence-electron chi connectivity index (χ4n) is 8.65. The maximum atomic E-state index is 6.75. The first-order valence-corrected chi connectivity index (χ1v) is 18.9. The highest BCUT2D eigenvalue weighted by atomic mass is 16.5. The van der Waals surface area contributed by atoms with Crippen molar-refractivity contribution in [2.75, 3.05) is 0 Å². The van der Waals surface area contributed by atoms with Gasteiger partial charge in [0.15, 0.2) is 17.5 Å². The summed E-state index contributed by atoms with van der Waals surface area (Å²) in [6.07, 6.45) is 0. The number of rotatable bonds is 5. The molecule has 1 aromatic heterocycles. The predicted molar refractivity (Wildman–Crippen MR) is 224 cm³/mol. The average Bonchev–Trinajstić information content (AvgIpc) is 3.57. The molecule has 0 bridgehead atoms. The number of hydrogen-bond acceptors (Lipinski definition) is 4. The summed E-state index contributed by atoms with van der Waals surface area (Å²) in [5.41, 5.74) is 14.4. The summed E-state index contributed by atoms with van der Waals surface area (Å²) in [7, 11) is 0. The highest BCUT2D eigenvalue weighted by molar-refractivity contribution is 5.89. The van der Waals surface area contributed by atoms with Crippen LogP contribution in [0.5, 0.6) is 11.5 Å². The molecular weight excluding hydrogens is 683 g/mol. The molecule has 2 aliphatic rings. The number of nitrogens with zero attached hydrogens (tertiary/aromatic N) is 3. The minimum absolute atomic E-state index is 0.459. The van der Waals surface area contributed by atoms with E-state index in [0.717, 1.165) is 50.4 Å². The van der Waals surface area contributed by atoms with Crippen molar-refractivity contribution in [1.82, 2.24) is 15.0 Å². The van der Waals surface area contributed by atoms with Crippen LogP contribution in [0.4, 0.5) is 0 Å². The van der Waals surface area contributed by atoms with Crippen molar-refractivity contribution >= 4 is 0 Å². The second-order valence-electron chi connectivity index (χ2n) is 14.3. The third kappa shape index (κ3) is 5.04. The molecule has 262 valence electrons. The van der Waals surface area contributed by atoms with Gasteiger partial charge in [-0.25, -0.2) is 15.0 Å². The van der Waals surface area contributed by atoms with Gasteiger partial charge >= 0.3 is 0 Å². The molecule has 0 fully saturated rings. The number of fused-ring (bicyclic) bond motifs is 9. The molecule has 2 heterocycles. The van der Waals surface area contributed by atoms with E-state index < -0.39 is 5.41 Å². The van der Waals surface area contributed by atoms with Gasteiger partial charge in [-0.3, -0.25) is 0 Å². The molecule has 0 atom stereocenters. The number of benzene rings is 8. The van der Waals surface area contributed by atoms with Crippen molar-refractivity contribution in [2.24, 2.45) is 0 Å². The van der Waals surface area contributed by atoms with E-state index in [9.17, 15) is 0 Å². The van der Waals surface area contributed by atoms with Gasteiger partial charge in [0.1, 0.15) is 11.5 Å². The third-order valence-electron chi connectivity index (χ3n) is 11.2. The van der Waals surface area contributed by atoms with Gasteiger partial charge in [-0.1, -0.05) is 188 Å². The second kappa shape index (κ2) is 12.9. The molecule has 1 aliphatic heterocycles. The van der Waals surface area contributed by atoms with Crippen molar-refractivity contribution in [3.05, 3.63) is 222 Å². The van der Waals surface area contributed by atoms with E-state index in [1.165, 1.54) is 33.4 Å². The molecule has 8 aromatic carbocycles. The molecular formula is C52H33N3O. The maximum absolute atomic E-state index is 6.75. The highest BCUT2D eigenvalue weighted by Crippen LogP contribution is 2.62. The van der Waals surface area contributed by atoms with Crippen LogP contribution in [0.2, 0.25) is 0 Å². The lowest BCUT2D eigenvalue weighted by Gasteiger charge is -2.39. The Labute approximate surface area is 325 Å². The molecule has 0 saturated carbocycles. The van der Waals surface area contributed by atoms with E-state index >= 15 is 0 Å². The van der Waals surface area contributed by atoms with Crippen molar-refractivity contribution in [2.45, 2.75) is 5.41 Å². The van der Waals surface area contributed by atoms with E-state index in [-0.39, 0.29) is 0 Å². The molecule has 11 rings (SSSR count). The standard InChI is InChI=1S/C52H33N3O/c1-3-13-37(14-4-1)49-53-50(38-15-5-2-6-16-38)55-51(54-49)39-29-27-35(28-30-39)34-23-25-36(26-24-34)40-31-32-46-48(33-40)56-47-22-12-11-21-45(47)52(46)43-19-9-7-17-41(43)42-18-8-10-20-44(42)52/h1-33H. The van der Waals surface area contributed by atoms with Crippen LogP contribution in [0.25, 0.3) is 67.5 Å². The van der Waals surface area contributed by atoms with Crippen molar-refractivity contribution in [3.63, 3.8) is 0 Å². The first kappa shape index (κ1) is 32.0. The molecule has 0 unspecified atom stereocenters. The topological polar surface area (TPSA) is 47.9 Å². The average molecular weight is 716 g/mol. The Morgan fingerprint density at radius 2 is 0.661 bits per heavy atom. The Morgan fingerprint density at radius 3 is 1.20 bits per heavy atom. The molecule has 1 aliphatic carbocycles. The van der Waals surface area contributed by atoms with Gasteiger partial charge in [0.05, 0.1) is 5.41 Å². The Hall–Kier alpha value is -7.43. The predicted octanol–water partition coefficient (Wildman–Crippen LogP) is 12.7. The normalized spacial score (nSPS) is 12.9. The highest BCUT2D eigenvalue weighted by Gasteiger charge is 2.50. The Kier molecular flexibility index (Phi) is 7.36. The molecule has 4 heteroatoms. The van der Waals surface area contributed by atoms with Crippen molar-refractivity contribution in [3.8, 4) is 79.0 Å². The summed E-state index contributed by atoms with van der Waals surface area (Å²) in [6.45, 7) is 0. The first-order valence-electron chi connectivity index (χ1n) is 18.9. The zero-order chi connectivity index (χ0) is 37.1. The van der Waals surface area contributed by atoms with E-state index in [1.807, 2.05) is 60.7 Å². The molecule has 56 heavy (non-hydrogen) atoms. The summed E-state index contributed by atoms with van der Waals surface area (Å²) in [6, 6.07) is 70.3. The van der Waals surface area contributed by atoms with Gasteiger partial charge in [0.2, 0.25) is 0 Å². The first-order chi connectivity index (χ1) is 27.7. The Morgan fingerprint density at radius 1 is 0.286 bits per heavy atom. The van der Waals surface area contributed by atoms with E-state index in [2.05, 4.69) is 140 Å². The van der Waals surface area contributed by atoms with E-state index in [1.54, 1.807) is 0 Å². The number of ether oxygens (including phenoxy) is 1. The lowest BCUT2D eigenvalue weighted by Crippen LogP contribution is -2.32. The van der Waals surface area contributed by atoms with Gasteiger partial charge in [0, 0.05) is 27.8 Å². The van der Waals surface area contributed by atoms with Crippen LogP contribution in [-0.2, 0) is 5.41 Å². The maximum Gasteiger partial charge on any atom is 0.164 e. The molecule has 0 amide bonds. The van der Waals surface area contributed by atoms with Crippen molar-refractivity contribution in [1.29, 1.82) is 0 Å². The lowest BCUT2D eigenvalue weighted by molar-refractivity contribution is 0.436. The third-order valence-corrected chi connectivity index (χ3v) is 11.2. The Bertz CT molecular complexity index is 2820. The van der Waals surface area contributed by atoms with Gasteiger partial charge < -0.3 is 4.74 Å². The second-order valence-corrected chi connectivity index (χ2v) is 14.3. The SMILES string of the molecule is c1ccc(-c2nc(-c3ccccc3)nc(-c3ccc(-c4ccc(-c5ccc6c(c5)Oc5ccccc5C65c6ccccc6-c6ccccc65)cc4)cc3)n2)cc1. The zero-order valence-corrected chi connectivity index (χ0v) is 30.3. The van der Waals surface area contributed by atoms with Gasteiger partial charge in [-0.2, -0.15) is 0 Å². The lowest BCUT2D eigenvalue weighted by atomic mass is 9.66. The van der Waals surface area contributed by atoms with Crippen LogP contribution in [0.3, 0.4) is 0 Å². The molecule has 0 N–H and O–H groups in total. The minimum Gasteiger partial charge on any atom is -0.457 e. The molecule has 4 nitrogen and oxygen atoms in total. The smallest absolute Gasteiger partial charge is 0.164 e. The fraction of sp³-hybridized carbons (Fsp3) is 0.0192. The van der Waals surface area contributed by atoms with Crippen LogP contribution >= 0.6 is 0 Å². The van der Waals surface area contributed by atoms with Crippen molar-refractivity contribution < 1.29 is 4.74 Å². The number of aromatic nitrogens is 3. The molecule has 9 aromatic rings. The van der Waals surface area contributed by atoms with Gasteiger partial charge in [0.25, 0.3) is 0 Å². The van der Waals surface area contributed by atoms with Crippen LogP contribution in [0, 0.1) is 0 Å². The number of hydrogen-bond donors (Lipinski definition) is 0. The van der Waals surface area contributed by atoms with Gasteiger partial charge in [-0.05, 0) is 56.6 Å². The molecule has 1 spiro atoms. The summed E-state index contributed by atoms with van der Waals surface area (Å²) >= 11 is 0. The minimum atomic E-state index is -0.459. The van der Waals surface area contributed by atoms with Gasteiger partial charge in [-0.15, -0.1) is 0 Å². The monoisotopic (exact) mass is 715 g/mol. The summed E-state index contributed by atoms with van der Waals surface area (Å²) in [4.78, 5) is 14.6. The Balaban J connectivity index is 0.929. The summed E-state index contributed by atoms with van der Waals surface area (Å²) in [5, 5.41) is 0. The molecule has 0 radical (unpaired) electrons. The molecule has 0 saturated heterocycles. The fourth-order valence-corrected chi connectivity index (χ4v) is 8.65. The quantitative estimate of drug-likeness (QED) is 0.178. The van der Waals surface area contributed by atoms with Crippen LogP contribution in [0.15, 0.2) is 200 Å². The van der Waals surface area contributed by atoms with E-state index in [4.69, 9.17) is 19.7 Å². The van der Waals surface area contributed by atoms with Crippen LogP contribution in [-0.4, -0.2) is 15.0 Å². The van der Waals surface area contributed by atoms with Crippen LogP contribution in [0.1, 0.15) is 22.3 Å². The van der Waals surface area contributed by atoms with Crippen LogP contribution < -0.4 is 4.74 Å². The number of para-hydroxylation sites is 1. The van der Waals surface area contributed by atoms with E-state index in [0.29, 0.717) is 17.5 Å². The summed E-state index contributed by atoms with van der Waals surface area (Å²) < 4.78 is 6.75.